The van der Waals surface area contributed by atoms with Crippen molar-refractivity contribution in [2.45, 2.75) is 38.8 Å². The van der Waals surface area contributed by atoms with E-state index in [0.29, 0.717) is 5.95 Å². The van der Waals surface area contributed by atoms with E-state index in [-0.39, 0.29) is 11.9 Å². The molecule has 0 radical (unpaired) electrons. The standard InChI is InChI=1S/C28H26ClFN6/c1-2-13-31-28-32-14-11-23(33-28)27-26(18-3-6-21(30)7-4-18)34-25-10-8-22(36(25)27)17-35-15-12-19-16-20(29)5-9-24(19)35/h3-7,9,11-12,14-16,22H,2,8,10,13,17H2,1H3,(H,31,32,33)/t22-/m0/s1. The maximum atomic E-state index is 13.7. The molecule has 6 rings (SSSR count). The van der Waals surface area contributed by atoms with E-state index in [1.165, 1.54) is 12.1 Å². The lowest BCUT2D eigenvalue weighted by atomic mass is 10.1. The Morgan fingerprint density at radius 1 is 1.08 bits per heavy atom. The van der Waals surface area contributed by atoms with E-state index in [4.69, 9.17) is 21.6 Å². The topological polar surface area (TPSA) is 60.6 Å². The molecule has 36 heavy (non-hydrogen) atoms. The zero-order valence-electron chi connectivity index (χ0n) is 20.0. The maximum Gasteiger partial charge on any atom is 0.223 e. The van der Waals surface area contributed by atoms with Crippen molar-refractivity contribution < 1.29 is 4.39 Å². The van der Waals surface area contributed by atoms with Gasteiger partial charge in [0.05, 0.1) is 23.1 Å². The van der Waals surface area contributed by atoms with Crippen molar-refractivity contribution in [2.24, 2.45) is 0 Å². The quantitative estimate of drug-likeness (QED) is 0.268. The first-order valence-corrected chi connectivity index (χ1v) is 12.7. The number of imidazole rings is 1. The molecule has 0 saturated carbocycles. The van der Waals surface area contributed by atoms with Crippen molar-refractivity contribution in [3.05, 3.63) is 83.7 Å². The Hall–Kier alpha value is -3.71. The number of nitrogens with zero attached hydrogens (tertiary/aromatic N) is 5. The van der Waals surface area contributed by atoms with Gasteiger partial charge in [0.15, 0.2) is 0 Å². The molecule has 0 spiro atoms. The molecule has 0 amide bonds. The Morgan fingerprint density at radius 2 is 1.94 bits per heavy atom. The highest BCUT2D eigenvalue weighted by Gasteiger charge is 2.31. The fraction of sp³-hybridized carbons (Fsp3) is 0.250. The molecule has 6 nitrogen and oxygen atoms in total. The van der Waals surface area contributed by atoms with Crippen molar-refractivity contribution in [2.75, 3.05) is 11.9 Å². The number of hydrogen-bond acceptors (Lipinski definition) is 4. The third-order valence-corrected chi connectivity index (χ3v) is 6.98. The normalized spacial score (nSPS) is 14.9. The number of nitrogens with one attached hydrogen (secondary N) is 1. The predicted molar refractivity (Wildman–Crippen MR) is 142 cm³/mol. The number of aryl methyl sites for hydroxylation is 1. The molecule has 5 aromatic rings. The molecule has 0 fully saturated rings. The molecule has 0 bridgehead atoms. The van der Waals surface area contributed by atoms with Crippen molar-refractivity contribution in [1.82, 2.24) is 24.1 Å². The Balaban J connectivity index is 1.46. The Labute approximate surface area is 213 Å². The van der Waals surface area contributed by atoms with Crippen LogP contribution in [0, 0.1) is 5.82 Å². The average molecular weight is 501 g/mol. The van der Waals surface area contributed by atoms with E-state index < -0.39 is 0 Å². The summed E-state index contributed by atoms with van der Waals surface area (Å²) in [7, 11) is 0. The van der Waals surface area contributed by atoms with Gasteiger partial charge in [0, 0.05) is 53.4 Å². The fourth-order valence-corrected chi connectivity index (χ4v) is 5.25. The van der Waals surface area contributed by atoms with Gasteiger partial charge in [-0.2, -0.15) is 0 Å². The van der Waals surface area contributed by atoms with Crippen LogP contribution in [0.15, 0.2) is 67.0 Å². The number of benzene rings is 2. The smallest absolute Gasteiger partial charge is 0.223 e. The summed E-state index contributed by atoms with van der Waals surface area (Å²) in [5, 5.41) is 5.15. The summed E-state index contributed by atoms with van der Waals surface area (Å²) in [6, 6.07) is 16.8. The number of aromatic nitrogens is 5. The third kappa shape index (κ3) is 4.13. The van der Waals surface area contributed by atoms with Crippen LogP contribution < -0.4 is 5.32 Å². The molecular formula is C28H26ClFN6. The number of anilines is 1. The SMILES string of the molecule is CCCNc1nccc(-c2c(-c3ccc(F)cc3)nc3n2[C@H](Cn2ccc4cc(Cl)ccc42)CC3)n1. The maximum absolute atomic E-state index is 13.7. The van der Waals surface area contributed by atoms with Crippen molar-refractivity contribution in [3.63, 3.8) is 0 Å². The summed E-state index contributed by atoms with van der Waals surface area (Å²) in [5.41, 5.74) is 4.59. The summed E-state index contributed by atoms with van der Waals surface area (Å²) in [5.74, 6) is 1.35. The van der Waals surface area contributed by atoms with Gasteiger partial charge in [-0.15, -0.1) is 0 Å². The van der Waals surface area contributed by atoms with Crippen LogP contribution in [0.2, 0.25) is 5.02 Å². The van der Waals surface area contributed by atoms with Gasteiger partial charge in [-0.3, -0.25) is 0 Å². The van der Waals surface area contributed by atoms with E-state index in [1.807, 2.05) is 18.2 Å². The van der Waals surface area contributed by atoms with E-state index in [9.17, 15) is 4.39 Å². The summed E-state index contributed by atoms with van der Waals surface area (Å²) >= 11 is 6.21. The molecule has 4 heterocycles. The van der Waals surface area contributed by atoms with Gasteiger partial charge in [0.1, 0.15) is 11.6 Å². The minimum Gasteiger partial charge on any atom is -0.354 e. The monoisotopic (exact) mass is 500 g/mol. The second-order valence-corrected chi connectivity index (χ2v) is 9.59. The summed E-state index contributed by atoms with van der Waals surface area (Å²) in [6.07, 6.45) is 6.73. The van der Waals surface area contributed by atoms with Crippen molar-refractivity contribution >= 4 is 28.5 Å². The lowest BCUT2D eigenvalue weighted by molar-refractivity contribution is 0.459. The van der Waals surface area contributed by atoms with Crippen LogP contribution in [-0.4, -0.2) is 30.6 Å². The molecule has 0 aliphatic carbocycles. The second kappa shape index (κ2) is 9.39. The zero-order chi connectivity index (χ0) is 24.6. The Bertz CT molecular complexity index is 1540. The van der Waals surface area contributed by atoms with E-state index in [2.05, 4.69) is 44.7 Å². The molecule has 1 aliphatic heterocycles. The summed E-state index contributed by atoms with van der Waals surface area (Å²) < 4.78 is 18.3. The van der Waals surface area contributed by atoms with Gasteiger partial charge in [-0.25, -0.2) is 19.3 Å². The van der Waals surface area contributed by atoms with Crippen LogP contribution in [-0.2, 0) is 13.0 Å². The van der Waals surface area contributed by atoms with Crippen LogP contribution in [0.3, 0.4) is 0 Å². The van der Waals surface area contributed by atoms with Crippen LogP contribution in [0.5, 0.6) is 0 Å². The van der Waals surface area contributed by atoms with Gasteiger partial charge in [0.2, 0.25) is 5.95 Å². The van der Waals surface area contributed by atoms with Gasteiger partial charge in [-0.1, -0.05) is 18.5 Å². The summed E-state index contributed by atoms with van der Waals surface area (Å²) in [4.78, 5) is 14.3. The van der Waals surface area contributed by atoms with Gasteiger partial charge >= 0.3 is 0 Å². The Kier molecular flexibility index (Phi) is 5.93. The van der Waals surface area contributed by atoms with Crippen LogP contribution >= 0.6 is 11.6 Å². The Morgan fingerprint density at radius 3 is 2.78 bits per heavy atom. The average Bonchev–Trinajstić information content (AvgIpc) is 3.58. The molecule has 1 N–H and O–H groups in total. The van der Waals surface area contributed by atoms with Gasteiger partial charge < -0.3 is 14.5 Å². The minimum atomic E-state index is -0.266. The van der Waals surface area contributed by atoms with Crippen molar-refractivity contribution in [1.29, 1.82) is 0 Å². The number of halogens is 2. The number of hydrogen-bond donors (Lipinski definition) is 1. The molecule has 3 aromatic heterocycles. The predicted octanol–water partition coefficient (Wildman–Crippen LogP) is 6.76. The highest BCUT2D eigenvalue weighted by atomic mass is 35.5. The summed E-state index contributed by atoms with van der Waals surface area (Å²) in [6.45, 7) is 3.71. The molecule has 1 aliphatic rings. The molecule has 8 heteroatoms. The van der Waals surface area contributed by atoms with Gasteiger partial charge in [0.25, 0.3) is 0 Å². The van der Waals surface area contributed by atoms with Crippen LogP contribution in [0.25, 0.3) is 33.5 Å². The number of rotatable bonds is 7. The van der Waals surface area contributed by atoms with Crippen LogP contribution in [0.4, 0.5) is 10.3 Å². The molecular weight excluding hydrogens is 475 g/mol. The van der Waals surface area contributed by atoms with E-state index in [0.717, 1.165) is 76.7 Å². The highest BCUT2D eigenvalue weighted by molar-refractivity contribution is 6.31. The molecule has 1 atom stereocenters. The molecule has 0 unspecified atom stereocenters. The first-order chi connectivity index (χ1) is 17.6. The second-order valence-electron chi connectivity index (χ2n) is 9.16. The largest absolute Gasteiger partial charge is 0.354 e. The number of fused-ring (bicyclic) bond motifs is 2. The lowest BCUT2D eigenvalue weighted by Crippen LogP contribution is -2.14. The van der Waals surface area contributed by atoms with Gasteiger partial charge in [-0.05, 0) is 67.4 Å². The van der Waals surface area contributed by atoms with Crippen molar-refractivity contribution in [3.8, 4) is 22.6 Å². The van der Waals surface area contributed by atoms with Crippen LogP contribution in [0.1, 0.15) is 31.6 Å². The molecule has 0 saturated heterocycles. The fourth-order valence-electron chi connectivity index (χ4n) is 5.07. The first-order valence-electron chi connectivity index (χ1n) is 12.3. The van der Waals surface area contributed by atoms with E-state index >= 15 is 0 Å². The lowest BCUT2D eigenvalue weighted by Gasteiger charge is -2.19. The third-order valence-electron chi connectivity index (χ3n) is 6.74. The minimum absolute atomic E-state index is 0.199. The highest BCUT2D eigenvalue weighted by Crippen LogP contribution is 2.40. The molecule has 182 valence electrons. The zero-order valence-corrected chi connectivity index (χ0v) is 20.7. The first kappa shape index (κ1) is 22.7. The molecule has 2 aromatic carbocycles. The van der Waals surface area contributed by atoms with E-state index in [1.54, 1.807) is 18.3 Å².